The number of carbonyl (C=O) groups excluding carboxylic acids is 1. The summed E-state index contributed by atoms with van der Waals surface area (Å²) < 4.78 is 39.0. The van der Waals surface area contributed by atoms with E-state index in [1.54, 1.807) is 31.2 Å². The van der Waals surface area contributed by atoms with Gasteiger partial charge in [-0.1, -0.05) is 18.2 Å². The SMILES string of the molecule is CNS(=O)(=O)c1cc(NC(=O)CCc2ccc(F)cc2)ccc1C. The summed E-state index contributed by atoms with van der Waals surface area (Å²) >= 11 is 0. The number of hydrogen-bond donors (Lipinski definition) is 2. The number of aryl methyl sites for hydroxylation is 2. The van der Waals surface area contributed by atoms with Crippen LogP contribution in [0.25, 0.3) is 0 Å². The van der Waals surface area contributed by atoms with E-state index in [1.807, 2.05) is 0 Å². The van der Waals surface area contributed by atoms with E-state index in [0.29, 0.717) is 17.7 Å². The van der Waals surface area contributed by atoms with Crippen LogP contribution in [0.5, 0.6) is 0 Å². The Morgan fingerprint density at radius 3 is 2.42 bits per heavy atom. The Morgan fingerprint density at radius 1 is 1.12 bits per heavy atom. The molecule has 1 amide bonds. The van der Waals surface area contributed by atoms with Gasteiger partial charge in [-0.3, -0.25) is 4.79 Å². The van der Waals surface area contributed by atoms with E-state index >= 15 is 0 Å². The fourth-order valence-corrected chi connectivity index (χ4v) is 3.20. The zero-order valence-corrected chi connectivity index (χ0v) is 14.3. The quantitative estimate of drug-likeness (QED) is 0.841. The predicted octanol–water partition coefficient (Wildman–Crippen LogP) is 2.61. The molecule has 128 valence electrons. The molecule has 0 spiro atoms. The van der Waals surface area contributed by atoms with Crippen LogP contribution in [0, 0.1) is 12.7 Å². The van der Waals surface area contributed by atoms with Gasteiger partial charge in [-0.2, -0.15) is 0 Å². The molecule has 24 heavy (non-hydrogen) atoms. The van der Waals surface area contributed by atoms with Gasteiger partial charge in [0.2, 0.25) is 15.9 Å². The number of sulfonamides is 1. The van der Waals surface area contributed by atoms with Crippen LogP contribution in [0.15, 0.2) is 47.4 Å². The zero-order chi connectivity index (χ0) is 17.7. The second-order valence-electron chi connectivity index (χ2n) is 5.36. The van der Waals surface area contributed by atoms with Crippen molar-refractivity contribution in [2.75, 3.05) is 12.4 Å². The number of rotatable bonds is 6. The molecule has 2 aromatic carbocycles. The molecule has 0 saturated carbocycles. The topological polar surface area (TPSA) is 75.3 Å². The highest BCUT2D eigenvalue weighted by atomic mass is 32.2. The minimum atomic E-state index is -3.58. The molecular weight excluding hydrogens is 331 g/mol. The Balaban J connectivity index is 2.04. The van der Waals surface area contributed by atoms with E-state index in [-0.39, 0.29) is 23.0 Å². The molecular formula is C17H19FN2O3S. The Bertz CT molecular complexity index is 833. The van der Waals surface area contributed by atoms with Crippen molar-refractivity contribution in [3.63, 3.8) is 0 Å². The number of hydrogen-bond acceptors (Lipinski definition) is 3. The van der Waals surface area contributed by atoms with Gasteiger partial charge >= 0.3 is 0 Å². The molecule has 0 aromatic heterocycles. The Morgan fingerprint density at radius 2 is 1.79 bits per heavy atom. The van der Waals surface area contributed by atoms with Crippen molar-refractivity contribution in [2.24, 2.45) is 0 Å². The third-order valence-electron chi connectivity index (χ3n) is 3.58. The molecule has 0 saturated heterocycles. The molecule has 0 heterocycles. The first-order chi connectivity index (χ1) is 11.3. The van der Waals surface area contributed by atoms with Gasteiger partial charge in [0.05, 0.1) is 4.90 Å². The summed E-state index contributed by atoms with van der Waals surface area (Å²) in [6.45, 7) is 1.68. The van der Waals surface area contributed by atoms with E-state index in [0.717, 1.165) is 5.56 Å². The number of anilines is 1. The predicted molar refractivity (Wildman–Crippen MR) is 90.8 cm³/mol. The van der Waals surface area contributed by atoms with Crippen molar-refractivity contribution in [2.45, 2.75) is 24.7 Å². The smallest absolute Gasteiger partial charge is 0.240 e. The summed E-state index contributed by atoms with van der Waals surface area (Å²) in [7, 11) is -2.25. The van der Waals surface area contributed by atoms with Crippen molar-refractivity contribution < 1.29 is 17.6 Å². The van der Waals surface area contributed by atoms with Gasteiger partial charge < -0.3 is 5.32 Å². The minimum absolute atomic E-state index is 0.126. The van der Waals surface area contributed by atoms with Crippen LogP contribution >= 0.6 is 0 Å². The lowest BCUT2D eigenvalue weighted by Crippen LogP contribution is -2.20. The molecule has 2 N–H and O–H groups in total. The zero-order valence-electron chi connectivity index (χ0n) is 13.5. The normalized spacial score (nSPS) is 11.3. The second-order valence-corrected chi connectivity index (χ2v) is 7.22. The van der Waals surface area contributed by atoms with Crippen LogP contribution in [0.3, 0.4) is 0 Å². The molecule has 0 radical (unpaired) electrons. The van der Waals surface area contributed by atoms with Crippen molar-refractivity contribution in [1.82, 2.24) is 4.72 Å². The maximum atomic E-state index is 12.8. The number of carbonyl (C=O) groups is 1. The molecule has 0 bridgehead atoms. The van der Waals surface area contributed by atoms with Crippen LogP contribution in [0.2, 0.25) is 0 Å². The highest BCUT2D eigenvalue weighted by Crippen LogP contribution is 2.20. The highest BCUT2D eigenvalue weighted by Gasteiger charge is 2.15. The van der Waals surface area contributed by atoms with Crippen molar-refractivity contribution in [1.29, 1.82) is 0 Å². The first-order valence-corrected chi connectivity index (χ1v) is 8.88. The van der Waals surface area contributed by atoms with E-state index in [1.165, 1.54) is 25.2 Å². The average molecular weight is 350 g/mol. The maximum Gasteiger partial charge on any atom is 0.240 e. The Kier molecular flexibility index (Phi) is 5.69. The molecule has 0 atom stereocenters. The van der Waals surface area contributed by atoms with Crippen LogP contribution < -0.4 is 10.0 Å². The van der Waals surface area contributed by atoms with Gasteiger partial charge in [-0.05, 0) is 55.8 Å². The van der Waals surface area contributed by atoms with Crippen LogP contribution in [-0.2, 0) is 21.2 Å². The van der Waals surface area contributed by atoms with Gasteiger partial charge in [0.1, 0.15) is 5.82 Å². The van der Waals surface area contributed by atoms with Crippen molar-refractivity contribution >= 4 is 21.6 Å². The van der Waals surface area contributed by atoms with Gasteiger partial charge in [-0.15, -0.1) is 0 Å². The first kappa shape index (κ1) is 18.1. The fourth-order valence-electron chi connectivity index (χ4n) is 2.21. The summed E-state index contributed by atoms with van der Waals surface area (Å²) in [6.07, 6.45) is 0.688. The first-order valence-electron chi connectivity index (χ1n) is 7.40. The number of halogens is 1. The van der Waals surface area contributed by atoms with Crippen LogP contribution in [0.1, 0.15) is 17.5 Å². The standard InChI is InChI=1S/C17H19FN2O3S/c1-12-3-9-15(11-16(12)24(22,23)19-2)20-17(21)10-6-13-4-7-14(18)8-5-13/h3-5,7-9,11,19H,6,10H2,1-2H3,(H,20,21). The van der Waals surface area contributed by atoms with Crippen molar-refractivity contribution in [3.05, 3.63) is 59.4 Å². The number of amides is 1. The second kappa shape index (κ2) is 7.55. The number of nitrogens with one attached hydrogen (secondary N) is 2. The lowest BCUT2D eigenvalue weighted by molar-refractivity contribution is -0.116. The molecule has 0 aliphatic heterocycles. The van der Waals surface area contributed by atoms with Crippen molar-refractivity contribution in [3.8, 4) is 0 Å². The van der Waals surface area contributed by atoms with Gasteiger partial charge in [-0.25, -0.2) is 17.5 Å². The molecule has 0 aliphatic carbocycles. The third kappa shape index (κ3) is 4.62. The largest absolute Gasteiger partial charge is 0.326 e. The third-order valence-corrected chi connectivity index (χ3v) is 5.14. The molecule has 2 aromatic rings. The van der Waals surface area contributed by atoms with Gasteiger partial charge in [0.15, 0.2) is 0 Å². The van der Waals surface area contributed by atoms with Crippen LogP contribution in [-0.4, -0.2) is 21.4 Å². The van der Waals surface area contributed by atoms with Gasteiger partial charge in [0, 0.05) is 12.1 Å². The van der Waals surface area contributed by atoms with E-state index < -0.39 is 10.0 Å². The molecule has 0 fully saturated rings. The lowest BCUT2D eigenvalue weighted by atomic mass is 10.1. The Labute approximate surface area is 141 Å². The van der Waals surface area contributed by atoms with Crippen LogP contribution in [0.4, 0.5) is 10.1 Å². The fraction of sp³-hybridized carbons (Fsp3) is 0.235. The molecule has 7 heteroatoms. The van der Waals surface area contributed by atoms with E-state index in [4.69, 9.17) is 0 Å². The molecule has 0 unspecified atom stereocenters. The average Bonchev–Trinajstić information content (AvgIpc) is 2.56. The molecule has 2 rings (SSSR count). The highest BCUT2D eigenvalue weighted by molar-refractivity contribution is 7.89. The summed E-state index contributed by atoms with van der Waals surface area (Å²) in [5.41, 5.74) is 1.86. The summed E-state index contributed by atoms with van der Waals surface area (Å²) in [5.74, 6) is -0.558. The minimum Gasteiger partial charge on any atom is -0.326 e. The van der Waals surface area contributed by atoms with Gasteiger partial charge in [0.25, 0.3) is 0 Å². The molecule has 0 aliphatic rings. The molecule has 5 nitrogen and oxygen atoms in total. The monoisotopic (exact) mass is 350 g/mol. The van der Waals surface area contributed by atoms with E-state index in [2.05, 4.69) is 10.0 Å². The summed E-state index contributed by atoms with van der Waals surface area (Å²) in [4.78, 5) is 12.1. The Hall–Kier alpha value is -2.25. The number of benzene rings is 2. The summed E-state index contributed by atoms with van der Waals surface area (Å²) in [6, 6.07) is 10.7. The van der Waals surface area contributed by atoms with E-state index in [9.17, 15) is 17.6 Å². The lowest BCUT2D eigenvalue weighted by Gasteiger charge is -2.10. The summed E-state index contributed by atoms with van der Waals surface area (Å²) in [5, 5.41) is 2.68. The maximum absolute atomic E-state index is 12.8.